The zero-order valence-electron chi connectivity index (χ0n) is 17.8. The third-order valence-electron chi connectivity index (χ3n) is 5.95. The van der Waals surface area contributed by atoms with Crippen LogP contribution in [-0.2, 0) is 10.0 Å². The molecular weight excluding hydrogens is 424 g/mol. The van der Waals surface area contributed by atoms with Crippen LogP contribution < -0.4 is 4.74 Å². The van der Waals surface area contributed by atoms with E-state index in [4.69, 9.17) is 14.8 Å². The van der Waals surface area contributed by atoms with Crippen LogP contribution >= 0.6 is 0 Å². The van der Waals surface area contributed by atoms with Crippen molar-refractivity contribution >= 4 is 15.7 Å². The molecule has 0 amide bonds. The minimum atomic E-state index is -3.46. The van der Waals surface area contributed by atoms with Crippen LogP contribution in [0.3, 0.4) is 0 Å². The normalized spacial score (nSPS) is 15.8. The number of rotatable bonds is 5. The molecule has 0 N–H and O–H groups in total. The molecule has 8 heteroatoms. The van der Waals surface area contributed by atoms with Gasteiger partial charge in [-0.1, -0.05) is 30.3 Å². The number of methoxy groups -OCH3 is 1. The summed E-state index contributed by atoms with van der Waals surface area (Å²) in [4.78, 5) is 5.05. The van der Waals surface area contributed by atoms with Gasteiger partial charge in [-0.05, 0) is 54.8 Å². The van der Waals surface area contributed by atoms with Gasteiger partial charge < -0.3 is 4.74 Å². The number of nitrogens with zero attached hydrogens (tertiary/aromatic N) is 4. The van der Waals surface area contributed by atoms with Crippen LogP contribution in [0.25, 0.3) is 16.8 Å². The average Bonchev–Trinajstić information content (AvgIpc) is 3.28. The van der Waals surface area contributed by atoms with Gasteiger partial charge in [0.05, 0.1) is 12.0 Å². The van der Waals surface area contributed by atoms with Crippen LogP contribution in [0.15, 0.2) is 77.8 Å². The molecule has 0 spiro atoms. The monoisotopic (exact) mass is 448 g/mol. The van der Waals surface area contributed by atoms with Crippen molar-refractivity contribution in [2.45, 2.75) is 23.7 Å². The minimum Gasteiger partial charge on any atom is -0.497 e. The van der Waals surface area contributed by atoms with Crippen LogP contribution in [0.5, 0.6) is 5.75 Å². The highest BCUT2D eigenvalue weighted by Crippen LogP contribution is 2.30. The average molecular weight is 449 g/mol. The molecule has 0 atom stereocenters. The Kier molecular flexibility index (Phi) is 5.40. The summed E-state index contributed by atoms with van der Waals surface area (Å²) in [7, 11) is -1.80. The molecule has 1 aliphatic rings. The molecule has 3 heterocycles. The molecule has 1 fully saturated rings. The zero-order chi connectivity index (χ0) is 22.1. The number of benzene rings is 2. The van der Waals surface area contributed by atoms with Gasteiger partial charge in [0.15, 0.2) is 11.5 Å². The van der Waals surface area contributed by atoms with E-state index in [0.29, 0.717) is 30.8 Å². The highest BCUT2D eigenvalue weighted by atomic mass is 32.2. The maximum absolute atomic E-state index is 12.9. The number of fused-ring (bicyclic) bond motifs is 1. The number of piperidine rings is 1. The third kappa shape index (κ3) is 3.87. The molecule has 0 saturated carbocycles. The van der Waals surface area contributed by atoms with Crippen molar-refractivity contribution in [3.05, 3.63) is 78.8 Å². The second-order valence-corrected chi connectivity index (χ2v) is 9.85. The number of hydrogen-bond acceptors (Lipinski definition) is 5. The lowest BCUT2D eigenvalue weighted by atomic mass is 9.98. The lowest BCUT2D eigenvalue weighted by molar-refractivity contribution is 0.313. The molecule has 5 rings (SSSR count). The van der Waals surface area contributed by atoms with Crippen LogP contribution in [-0.4, -0.2) is 47.5 Å². The molecule has 2 aromatic carbocycles. The Labute approximate surface area is 187 Å². The first-order chi connectivity index (χ1) is 15.5. The predicted octanol–water partition coefficient (Wildman–Crippen LogP) is 3.97. The topological polar surface area (TPSA) is 76.8 Å². The van der Waals surface area contributed by atoms with Crippen LogP contribution in [0.2, 0.25) is 0 Å². The number of pyridine rings is 1. The summed E-state index contributed by atoms with van der Waals surface area (Å²) >= 11 is 0. The fourth-order valence-electron chi connectivity index (χ4n) is 4.14. The second-order valence-electron chi connectivity index (χ2n) is 7.91. The van der Waals surface area contributed by atoms with E-state index in [0.717, 1.165) is 28.3 Å². The molecule has 7 nitrogen and oxygen atoms in total. The van der Waals surface area contributed by atoms with Gasteiger partial charge in [0, 0.05) is 30.8 Å². The summed E-state index contributed by atoms with van der Waals surface area (Å²) in [5.74, 6) is 1.71. The van der Waals surface area contributed by atoms with E-state index in [2.05, 4.69) is 0 Å². The van der Waals surface area contributed by atoms with Gasteiger partial charge in [-0.25, -0.2) is 17.9 Å². The summed E-state index contributed by atoms with van der Waals surface area (Å²) in [6.45, 7) is 0.930. The van der Waals surface area contributed by atoms with E-state index in [1.807, 2.05) is 48.7 Å². The standard InChI is InChI=1S/C24H24N4O3S/c1-31-21-7-5-6-19(16-21)20-10-11-23-25-24(26-28(23)17-20)18-12-14-27(15-13-18)32(29,30)22-8-3-2-4-9-22/h2-11,16-18H,12-15H2,1H3. The number of sulfonamides is 1. The van der Waals surface area contributed by atoms with Crippen molar-refractivity contribution in [1.29, 1.82) is 0 Å². The quantitative estimate of drug-likeness (QED) is 0.462. The predicted molar refractivity (Wildman–Crippen MR) is 122 cm³/mol. The molecule has 0 unspecified atom stereocenters. The van der Waals surface area contributed by atoms with Crippen molar-refractivity contribution in [2.24, 2.45) is 0 Å². The SMILES string of the molecule is COc1cccc(-c2ccc3nc(C4CCN(S(=O)(=O)c5ccccc5)CC4)nn3c2)c1. The molecule has 1 aliphatic heterocycles. The largest absolute Gasteiger partial charge is 0.497 e. The number of hydrogen-bond donors (Lipinski definition) is 0. The highest BCUT2D eigenvalue weighted by molar-refractivity contribution is 7.89. The second kappa shape index (κ2) is 8.37. The molecule has 0 bridgehead atoms. The van der Waals surface area contributed by atoms with E-state index in [1.54, 1.807) is 40.2 Å². The van der Waals surface area contributed by atoms with Gasteiger partial charge >= 0.3 is 0 Å². The molecule has 164 valence electrons. The lowest BCUT2D eigenvalue weighted by Crippen LogP contribution is -2.38. The Morgan fingerprint density at radius 2 is 1.72 bits per heavy atom. The van der Waals surface area contributed by atoms with Crippen LogP contribution in [0.4, 0.5) is 0 Å². The maximum atomic E-state index is 12.9. The smallest absolute Gasteiger partial charge is 0.243 e. The molecular formula is C24H24N4O3S. The van der Waals surface area contributed by atoms with Crippen molar-refractivity contribution in [2.75, 3.05) is 20.2 Å². The molecule has 1 saturated heterocycles. The van der Waals surface area contributed by atoms with Crippen molar-refractivity contribution in [3.8, 4) is 16.9 Å². The minimum absolute atomic E-state index is 0.136. The van der Waals surface area contributed by atoms with Gasteiger partial charge in [-0.15, -0.1) is 0 Å². The van der Waals surface area contributed by atoms with Crippen LogP contribution in [0, 0.1) is 0 Å². The molecule has 0 aliphatic carbocycles. The van der Waals surface area contributed by atoms with E-state index >= 15 is 0 Å². The summed E-state index contributed by atoms with van der Waals surface area (Å²) in [6, 6.07) is 20.5. The van der Waals surface area contributed by atoms with Gasteiger partial charge in [-0.2, -0.15) is 9.40 Å². The zero-order valence-corrected chi connectivity index (χ0v) is 18.6. The summed E-state index contributed by atoms with van der Waals surface area (Å²) in [5.41, 5.74) is 2.85. The summed E-state index contributed by atoms with van der Waals surface area (Å²) in [5, 5.41) is 4.72. The Balaban J connectivity index is 1.34. The molecule has 4 aromatic rings. The van der Waals surface area contributed by atoms with E-state index in [9.17, 15) is 8.42 Å². The molecule has 32 heavy (non-hydrogen) atoms. The maximum Gasteiger partial charge on any atom is 0.243 e. The lowest BCUT2D eigenvalue weighted by Gasteiger charge is -2.29. The first-order valence-corrected chi connectivity index (χ1v) is 12.0. The first-order valence-electron chi connectivity index (χ1n) is 10.6. The number of ether oxygens (including phenoxy) is 1. The fourth-order valence-corrected chi connectivity index (χ4v) is 5.63. The van der Waals surface area contributed by atoms with E-state index in [1.165, 1.54) is 0 Å². The van der Waals surface area contributed by atoms with Crippen molar-refractivity contribution in [1.82, 2.24) is 18.9 Å². The van der Waals surface area contributed by atoms with E-state index in [-0.39, 0.29) is 5.92 Å². The first kappa shape index (κ1) is 20.7. The van der Waals surface area contributed by atoms with Crippen LogP contribution in [0.1, 0.15) is 24.6 Å². The Morgan fingerprint density at radius 3 is 2.47 bits per heavy atom. The van der Waals surface area contributed by atoms with Crippen molar-refractivity contribution in [3.63, 3.8) is 0 Å². The number of aromatic nitrogens is 3. The van der Waals surface area contributed by atoms with E-state index < -0.39 is 10.0 Å². The fraction of sp³-hybridized carbons (Fsp3) is 0.250. The van der Waals surface area contributed by atoms with Gasteiger partial charge in [0.25, 0.3) is 0 Å². The van der Waals surface area contributed by atoms with Gasteiger partial charge in [0.2, 0.25) is 10.0 Å². The Morgan fingerprint density at radius 1 is 0.938 bits per heavy atom. The van der Waals surface area contributed by atoms with Crippen molar-refractivity contribution < 1.29 is 13.2 Å². The Hall–Kier alpha value is -3.23. The van der Waals surface area contributed by atoms with Gasteiger partial charge in [0.1, 0.15) is 5.75 Å². The summed E-state index contributed by atoms with van der Waals surface area (Å²) in [6.07, 6.45) is 3.37. The Bertz CT molecular complexity index is 1340. The molecule has 2 aromatic heterocycles. The molecule has 0 radical (unpaired) electrons. The third-order valence-corrected chi connectivity index (χ3v) is 7.86. The highest BCUT2D eigenvalue weighted by Gasteiger charge is 2.31. The summed E-state index contributed by atoms with van der Waals surface area (Å²) < 4.78 is 34.4. The van der Waals surface area contributed by atoms with Gasteiger partial charge in [-0.3, -0.25) is 0 Å².